The lowest BCUT2D eigenvalue weighted by atomic mass is 9.97. The Labute approximate surface area is 271 Å². The Morgan fingerprint density at radius 3 is 2.74 bits per heavy atom. The van der Waals surface area contributed by atoms with E-state index in [2.05, 4.69) is 25.4 Å². The van der Waals surface area contributed by atoms with Crippen LogP contribution < -0.4 is 16.6 Å². The molecule has 0 aliphatic carbocycles. The summed E-state index contributed by atoms with van der Waals surface area (Å²) in [7, 11) is 1.81. The number of aromatic nitrogens is 5. The second-order valence-corrected chi connectivity index (χ2v) is 11.5. The monoisotopic (exact) mass is 642 g/mol. The largest absolute Gasteiger partial charge is 0.462 e. The van der Waals surface area contributed by atoms with Gasteiger partial charge < -0.3 is 15.8 Å². The Morgan fingerprint density at radius 2 is 2.00 bits per heavy atom. The number of benzene rings is 1. The Morgan fingerprint density at radius 1 is 1.20 bits per heavy atom. The van der Waals surface area contributed by atoms with Crippen molar-refractivity contribution < 1.29 is 14.3 Å². The number of carbonyl (C=O) groups is 2. The van der Waals surface area contributed by atoms with Crippen LogP contribution in [-0.2, 0) is 21.4 Å². The number of allylic oxidation sites excluding steroid dienone is 1. The van der Waals surface area contributed by atoms with Crippen molar-refractivity contribution in [3.05, 3.63) is 87.5 Å². The fourth-order valence-corrected chi connectivity index (χ4v) is 5.53. The third-order valence-corrected chi connectivity index (χ3v) is 8.05. The molecule has 2 bridgehead atoms. The molecule has 1 aromatic carbocycles. The van der Waals surface area contributed by atoms with E-state index < -0.39 is 12.0 Å². The zero-order valence-corrected chi connectivity index (χ0v) is 26.8. The van der Waals surface area contributed by atoms with Crippen molar-refractivity contribution >= 4 is 41.1 Å². The van der Waals surface area contributed by atoms with Gasteiger partial charge >= 0.3 is 5.97 Å². The Balaban J connectivity index is 1.55. The van der Waals surface area contributed by atoms with Gasteiger partial charge in [0.05, 0.1) is 59.2 Å². The van der Waals surface area contributed by atoms with Gasteiger partial charge in [-0.1, -0.05) is 24.9 Å². The molecule has 2 unspecified atom stereocenters. The molecular formula is C33H35ClN8O4. The van der Waals surface area contributed by atoms with Gasteiger partial charge in [0, 0.05) is 53.3 Å². The van der Waals surface area contributed by atoms with Crippen LogP contribution in [0.4, 0.5) is 11.4 Å². The lowest BCUT2D eigenvalue weighted by Crippen LogP contribution is -2.27. The maximum atomic E-state index is 13.8. The summed E-state index contributed by atoms with van der Waals surface area (Å²) in [5, 5.41) is 7.79. The van der Waals surface area contributed by atoms with Crippen molar-refractivity contribution in [2.45, 2.75) is 46.1 Å². The summed E-state index contributed by atoms with van der Waals surface area (Å²) in [4.78, 5) is 52.9. The molecule has 0 saturated carbocycles. The maximum absolute atomic E-state index is 13.8. The van der Waals surface area contributed by atoms with E-state index in [4.69, 9.17) is 22.1 Å². The lowest BCUT2D eigenvalue weighted by molar-refractivity contribution is -0.137. The van der Waals surface area contributed by atoms with E-state index in [1.165, 1.54) is 18.6 Å². The highest BCUT2D eigenvalue weighted by Gasteiger charge is 2.24. The molecule has 2 atom stereocenters. The first kappa shape index (κ1) is 32.3. The first-order chi connectivity index (χ1) is 22.1. The first-order valence-corrected chi connectivity index (χ1v) is 15.3. The molecule has 0 saturated heterocycles. The minimum atomic E-state index is -0.591. The number of aliphatic imine (C=N–C) groups is 1. The molecule has 238 valence electrons. The molecule has 0 spiro atoms. The molecule has 1 aliphatic rings. The number of nitrogens with two attached hydrogens (primary N) is 1. The number of carbonyl (C=O) groups excluding carboxylic acids is 2. The topological polar surface area (TPSA) is 159 Å². The number of aryl methyl sites for hydroxylation is 1. The van der Waals surface area contributed by atoms with Crippen molar-refractivity contribution in [2.75, 3.05) is 11.9 Å². The number of halogens is 1. The molecule has 5 rings (SSSR count). The fraction of sp³-hybridized carbons (Fsp3) is 0.303. The SMILES string of the molecule is CCOC(=O)C(C=Nc1ccc(Cl)cc1-c1cc(=O)n(C2CCCC(C)C(=O)Nc3cnn(C)c3-c3ccnc2c3)cn1)=C(C)N. The highest BCUT2D eigenvalue weighted by molar-refractivity contribution is 6.31. The highest BCUT2D eigenvalue weighted by atomic mass is 35.5. The number of nitrogens with zero attached hydrogens (tertiary/aromatic N) is 6. The van der Waals surface area contributed by atoms with Crippen LogP contribution in [0.2, 0.25) is 5.02 Å². The second-order valence-electron chi connectivity index (χ2n) is 11.1. The molecule has 3 N–H and O–H groups in total. The predicted molar refractivity (Wildman–Crippen MR) is 177 cm³/mol. The number of anilines is 1. The maximum Gasteiger partial charge on any atom is 0.341 e. The molecule has 4 aromatic rings. The standard InChI is InChI=1S/C33H35ClN8O4/c1-5-46-33(45)24(20(3)35)16-37-25-10-9-22(34)14-23(25)26-15-30(43)42(18-38-26)29-8-6-7-19(2)32(44)40-28-17-39-41(4)31(28)21-11-12-36-27(29)13-21/h9-19,29H,5-8,35H2,1-4H3,(H,40,44). The van der Waals surface area contributed by atoms with Crippen LogP contribution in [0.1, 0.15) is 51.8 Å². The lowest BCUT2D eigenvalue weighted by Gasteiger charge is -2.22. The summed E-state index contributed by atoms with van der Waals surface area (Å²) in [5.74, 6) is -0.928. The predicted octanol–water partition coefficient (Wildman–Crippen LogP) is 5.21. The van der Waals surface area contributed by atoms with E-state index in [1.807, 2.05) is 26.1 Å². The van der Waals surface area contributed by atoms with Gasteiger partial charge in [0.1, 0.15) is 0 Å². The van der Waals surface area contributed by atoms with Crippen molar-refractivity contribution in [1.29, 1.82) is 0 Å². The van der Waals surface area contributed by atoms with Crippen LogP contribution in [0.15, 0.2) is 76.2 Å². The molecule has 1 amide bonds. The number of hydrogen-bond acceptors (Lipinski definition) is 9. The molecular weight excluding hydrogens is 608 g/mol. The third kappa shape index (κ3) is 6.91. The van der Waals surface area contributed by atoms with Crippen LogP contribution >= 0.6 is 11.6 Å². The van der Waals surface area contributed by atoms with E-state index in [1.54, 1.807) is 53.7 Å². The molecule has 46 heavy (non-hydrogen) atoms. The quantitative estimate of drug-likeness (QED) is 0.165. The first-order valence-electron chi connectivity index (χ1n) is 14.9. The average Bonchev–Trinajstić information content (AvgIpc) is 3.39. The average molecular weight is 643 g/mol. The summed E-state index contributed by atoms with van der Waals surface area (Å²) in [6.07, 6.45) is 8.00. The molecule has 12 nitrogen and oxygen atoms in total. The second kappa shape index (κ2) is 13.9. The molecule has 1 aliphatic heterocycles. The number of fused-ring (bicyclic) bond motifs is 4. The van der Waals surface area contributed by atoms with Gasteiger partial charge in [0.25, 0.3) is 5.56 Å². The zero-order valence-electron chi connectivity index (χ0n) is 26.0. The van der Waals surface area contributed by atoms with E-state index in [0.29, 0.717) is 52.6 Å². The van der Waals surface area contributed by atoms with E-state index in [0.717, 1.165) is 11.3 Å². The minimum Gasteiger partial charge on any atom is -0.462 e. The van der Waals surface area contributed by atoms with E-state index in [-0.39, 0.29) is 35.3 Å². The Hall–Kier alpha value is -5.10. The van der Waals surface area contributed by atoms with Gasteiger partial charge in [-0.3, -0.25) is 28.8 Å². The van der Waals surface area contributed by atoms with Gasteiger partial charge in [-0.2, -0.15) is 5.10 Å². The van der Waals surface area contributed by atoms with E-state index in [9.17, 15) is 14.4 Å². The molecule has 0 fully saturated rings. The summed E-state index contributed by atoms with van der Waals surface area (Å²) < 4.78 is 8.35. The van der Waals surface area contributed by atoms with Gasteiger partial charge in [-0.05, 0) is 57.0 Å². The van der Waals surface area contributed by atoms with Crippen molar-refractivity contribution in [2.24, 2.45) is 23.7 Å². The number of rotatable bonds is 6. The number of hydrogen-bond donors (Lipinski definition) is 2. The van der Waals surface area contributed by atoms with Crippen LogP contribution in [0.5, 0.6) is 0 Å². The summed E-state index contributed by atoms with van der Waals surface area (Å²) in [6.45, 7) is 5.36. The number of pyridine rings is 1. The molecule has 4 heterocycles. The van der Waals surface area contributed by atoms with E-state index >= 15 is 0 Å². The number of ether oxygens (including phenoxy) is 1. The van der Waals surface area contributed by atoms with Gasteiger partial charge in [0.2, 0.25) is 5.91 Å². The van der Waals surface area contributed by atoms with Crippen molar-refractivity contribution in [1.82, 2.24) is 24.3 Å². The summed E-state index contributed by atoms with van der Waals surface area (Å²) in [5.41, 5.74) is 10.1. The van der Waals surface area contributed by atoms with Crippen LogP contribution in [0, 0.1) is 5.92 Å². The molecule has 0 radical (unpaired) electrons. The molecule has 3 aromatic heterocycles. The van der Waals surface area contributed by atoms with Gasteiger partial charge in [-0.15, -0.1) is 0 Å². The smallest absolute Gasteiger partial charge is 0.341 e. The number of esters is 1. The Bertz CT molecular complexity index is 1910. The minimum absolute atomic E-state index is 0.0877. The normalized spacial score (nSPS) is 17.4. The number of nitrogens with one attached hydrogen (secondary N) is 1. The summed E-state index contributed by atoms with van der Waals surface area (Å²) >= 11 is 6.34. The fourth-order valence-electron chi connectivity index (χ4n) is 5.36. The van der Waals surface area contributed by atoms with Crippen molar-refractivity contribution in [3.63, 3.8) is 0 Å². The highest BCUT2D eigenvalue weighted by Crippen LogP contribution is 2.34. The van der Waals surface area contributed by atoms with Crippen molar-refractivity contribution in [3.8, 4) is 22.5 Å². The van der Waals surface area contributed by atoms with Gasteiger partial charge in [-0.25, -0.2) is 9.78 Å². The van der Waals surface area contributed by atoms with Crippen LogP contribution in [0.25, 0.3) is 22.5 Å². The van der Waals surface area contributed by atoms with Crippen LogP contribution in [-0.4, -0.2) is 49.0 Å². The molecule has 13 heteroatoms. The third-order valence-electron chi connectivity index (χ3n) is 7.81. The van der Waals surface area contributed by atoms with Crippen LogP contribution in [0.3, 0.4) is 0 Å². The van der Waals surface area contributed by atoms with Gasteiger partial charge in [0.15, 0.2) is 0 Å². The number of amides is 1. The zero-order chi connectivity index (χ0) is 33.0. The summed E-state index contributed by atoms with van der Waals surface area (Å²) in [6, 6.07) is 9.73. The Kier molecular flexibility index (Phi) is 9.76.